The Bertz CT molecular complexity index is 384. The summed E-state index contributed by atoms with van der Waals surface area (Å²) in [4.78, 5) is 0. The summed E-state index contributed by atoms with van der Waals surface area (Å²) < 4.78 is 0. The summed E-state index contributed by atoms with van der Waals surface area (Å²) in [5.41, 5.74) is 3.86. The molecule has 1 N–H and O–H groups in total. The minimum atomic E-state index is 0.441. The molecule has 1 atom stereocenters. The van der Waals surface area contributed by atoms with Gasteiger partial charge in [0.25, 0.3) is 0 Å². The van der Waals surface area contributed by atoms with E-state index >= 15 is 0 Å². The molecule has 2 rings (SSSR count). The Kier molecular flexibility index (Phi) is 2.91. The zero-order chi connectivity index (χ0) is 10.7. The molecule has 0 aromatic heterocycles. The third kappa shape index (κ3) is 2.72. The highest BCUT2D eigenvalue weighted by atomic mass is 14.9. The third-order valence-electron chi connectivity index (χ3n) is 2.69. The van der Waals surface area contributed by atoms with Crippen LogP contribution in [0.4, 0.5) is 5.69 Å². The molecule has 0 amide bonds. The highest BCUT2D eigenvalue weighted by Crippen LogP contribution is 2.16. The second-order valence-corrected chi connectivity index (χ2v) is 4.16. The predicted molar refractivity (Wildman–Crippen MR) is 66.1 cm³/mol. The van der Waals surface area contributed by atoms with E-state index in [1.165, 1.54) is 16.8 Å². The first-order chi connectivity index (χ1) is 7.24. The largest absolute Gasteiger partial charge is 0.379 e. The van der Waals surface area contributed by atoms with E-state index in [4.69, 9.17) is 0 Å². The number of allylic oxidation sites excluding steroid dienone is 2. The molecule has 0 fully saturated rings. The Morgan fingerprint density at radius 3 is 2.47 bits per heavy atom. The number of anilines is 1. The van der Waals surface area contributed by atoms with Crippen molar-refractivity contribution in [1.82, 2.24) is 0 Å². The number of benzene rings is 1. The molecule has 0 radical (unpaired) electrons. The Hall–Kier alpha value is -1.50. The van der Waals surface area contributed by atoms with Gasteiger partial charge in [-0.05, 0) is 32.4 Å². The fourth-order valence-corrected chi connectivity index (χ4v) is 1.70. The van der Waals surface area contributed by atoms with Crippen LogP contribution in [0.1, 0.15) is 18.9 Å². The third-order valence-corrected chi connectivity index (χ3v) is 2.69. The quantitative estimate of drug-likeness (QED) is 0.766. The fraction of sp³-hybridized carbons (Fsp3) is 0.286. The van der Waals surface area contributed by atoms with Crippen LogP contribution in [0.5, 0.6) is 0 Å². The van der Waals surface area contributed by atoms with Crippen molar-refractivity contribution in [2.45, 2.75) is 26.3 Å². The topological polar surface area (TPSA) is 12.0 Å². The second-order valence-electron chi connectivity index (χ2n) is 4.16. The van der Waals surface area contributed by atoms with Crippen molar-refractivity contribution >= 4 is 5.69 Å². The standard InChI is InChI=1S/C14H17N/c1-11-3-7-13(8-4-11)15-14-9-5-12(2)6-10-14/h3-9,14-15H,10H2,1-2H3. The molecule has 1 heteroatoms. The number of hydrogen-bond donors (Lipinski definition) is 1. The fourth-order valence-electron chi connectivity index (χ4n) is 1.70. The Labute approximate surface area is 91.5 Å². The molecular formula is C14H17N. The molecule has 1 unspecified atom stereocenters. The summed E-state index contributed by atoms with van der Waals surface area (Å²) in [5.74, 6) is 0. The average molecular weight is 199 g/mol. The van der Waals surface area contributed by atoms with E-state index in [2.05, 4.69) is 61.7 Å². The van der Waals surface area contributed by atoms with Gasteiger partial charge in [0.05, 0.1) is 0 Å². The van der Waals surface area contributed by atoms with Gasteiger partial charge in [0.15, 0.2) is 0 Å². The van der Waals surface area contributed by atoms with Crippen molar-refractivity contribution < 1.29 is 0 Å². The zero-order valence-electron chi connectivity index (χ0n) is 9.33. The van der Waals surface area contributed by atoms with E-state index in [-0.39, 0.29) is 0 Å². The molecule has 0 spiro atoms. The molecule has 0 bridgehead atoms. The Balaban J connectivity index is 1.99. The van der Waals surface area contributed by atoms with Gasteiger partial charge in [0.1, 0.15) is 0 Å². The van der Waals surface area contributed by atoms with E-state index in [1.54, 1.807) is 0 Å². The van der Waals surface area contributed by atoms with Crippen molar-refractivity contribution in [2.24, 2.45) is 0 Å². The summed E-state index contributed by atoms with van der Waals surface area (Å²) in [5, 5.41) is 3.50. The van der Waals surface area contributed by atoms with Crippen molar-refractivity contribution in [1.29, 1.82) is 0 Å². The summed E-state index contributed by atoms with van der Waals surface area (Å²) in [6.07, 6.45) is 7.76. The van der Waals surface area contributed by atoms with Crippen LogP contribution in [0.15, 0.2) is 48.1 Å². The highest BCUT2D eigenvalue weighted by Gasteiger charge is 2.05. The first-order valence-corrected chi connectivity index (χ1v) is 5.42. The van der Waals surface area contributed by atoms with Crippen LogP contribution in [0.2, 0.25) is 0 Å². The molecule has 0 saturated heterocycles. The smallest absolute Gasteiger partial charge is 0.0482 e. The lowest BCUT2D eigenvalue weighted by Crippen LogP contribution is -2.17. The molecule has 1 aliphatic rings. The van der Waals surface area contributed by atoms with Crippen LogP contribution in [-0.2, 0) is 0 Å². The van der Waals surface area contributed by atoms with E-state index in [0.29, 0.717) is 6.04 Å². The van der Waals surface area contributed by atoms with Gasteiger partial charge < -0.3 is 5.32 Å². The molecular weight excluding hydrogens is 182 g/mol. The maximum atomic E-state index is 3.50. The lowest BCUT2D eigenvalue weighted by molar-refractivity contribution is 0.874. The molecule has 1 aromatic carbocycles. The number of aryl methyl sites for hydroxylation is 1. The summed E-state index contributed by atoms with van der Waals surface area (Å²) in [7, 11) is 0. The first-order valence-electron chi connectivity index (χ1n) is 5.42. The zero-order valence-corrected chi connectivity index (χ0v) is 9.33. The molecule has 0 saturated carbocycles. The normalized spacial score (nSPS) is 19.9. The van der Waals surface area contributed by atoms with Crippen LogP contribution in [0.3, 0.4) is 0 Å². The van der Waals surface area contributed by atoms with Gasteiger partial charge in [-0.25, -0.2) is 0 Å². The molecule has 1 nitrogen and oxygen atoms in total. The summed E-state index contributed by atoms with van der Waals surface area (Å²) >= 11 is 0. The SMILES string of the molecule is CC1=CCC(Nc2ccc(C)cc2)C=C1. The van der Waals surface area contributed by atoms with Crippen LogP contribution in [-0.4, -0.2) is 6.04 Å². The van der Waals surface area contributed by atoms with Gasteiger partial charge in [-0.3, -0.25) is 0 Å². The first kappa shape index (κ1) is 10.0. The molecule has 1 aromatic rings. The lowest BCUT2D eigenvalue weighted by Gasteiger charge is -2.18. The second kappa shape index (κ2) is 4.35. The van der Waals surface area contributed by atoms with Gasteiger partial charge in [-0.15, -0.1) is 0 Å². The van der Waals surface area contributed by atoms with E-state index in [9.17, 15) is 0 Å². The van der Waals surface area contributed by atoms with Gasteiger partial charge in [-0.1, -0.05) is 41.5 Å². The average Bonchev–Trinajstić information content (AvgIpc) is 2.25. The lowest BCUT2D eigenvalue weighted by atomic mass is 10.0. The Morgan fingerprint density at radius 2 is 1.87 bits per heavy atom. The van der Waals surface area contributed by atoms with Gasteiger partial charge in [0.2, 0.25) is 0 Å². The van der Waals surface area contributed by atoms with Gasteiger partial charge in [-0.2, -0.15) is 0 Å². The van der Waals surface area contributed by atoms with Crippen LogP contribution < -0.4 is 5.32 Å². The number of rotatable bonds is 2. The molecule has 0 aliphatic heterocycles. The van der Waals surface area contributed by atoms with E-state index < -0.39 is 0 Å². The van der Waals surface area contributed by atoms with Crippen LogP contribution in [0.25, 0.3) is 0 Å². The number of hydrogen-bond acceptors (Lipinski definition) is 1. The van der Waals surface area contributed by atoms with E-state index in [0.717, 1.165) is 6.42 Å². The number of nitrogens with one attached hydrogen (secondary N) is 1. The molecule has 78 valence electrons. The highest BCUT2D eigenvalue weighted by molar-refractivity contribution is 5.47. The summed E-state index contributed by atoms with van der Waals surface area (Å²) in [6, 6.07) is 8.98. The van der Waals surface area contributed by atoms with Crippen LogP contribution >= 0.6 is 0 Å². The maximum absolute atomic E-state index is 3.50. The monoisotopic (exact) mass is 199 g/mol. The van der Waals surface area contributed by atoms with Crippen molar-refractivity contribution in [2.75, 3.05) is 5.32 Å². The predicted octanol–water partition coefficient (Wildman–Crippen LogP) is 3.68. The van der Waals surface area contributed by atoms with Crippen LogP contribution in [0, 0.1) is 6.92 Å². The molecule has 1 aliphatic carbocycles. The maximum Gasteiger partial charge on any atom is 0.0482 e. The molecule has 0 heterocycles. The van der Waals surface area contributed by atoms with Gasteiger partial charge >= 0.3 is 0 Å². The van der Waals surface area contributed by atoms with Gasteiger partial charge in [0, 0.05) is 11.7 Å². The van der Waals surface area contributed by atoms with Crippen molar-refractivity contribution in [3.63, 3.8) is 0 Å². The minimum Gasteiger partial charge on any atom is -0.379 e. The minimum absolute atomic E-state index is 0.441. The molecule has 15 heavy (non-hydrogen) atoms. The van der Waals surface area contributed by atoms with Crippen molar-refractivity contribution in [3.8, 4) is 0 Å². The van der Waals surface area contributed by atoms with Crippen molar-refractivity contribution in [3.05, 3.63) is 53.6 Å². The Morgan fingerprint density at radius 1 is 1.13 bits per heavy atom. The van der Waals surface area contributed by atoms with E-state index in [1.807, 2.05) is 0 Å². The summed E-state index contributed by atoms with van der Waals surface area (Å²) in [6.45, 7) is 4.25.